The van der Waals surface area contributed by atoms with E-state index in [2.05, 4.69) is 10.6 Å². The monoisotopic (exact) mass is 338 g/mol. The number of amides is 3. The molecule has 0 unspecified atom stereocenters. The van der Waals surface area contributed by atoms with Crippen molar-refractivity contribution in [3.63, 3.8) is 0 Å². The number of ether oxygens (including phenoxy) is 1. The van der Waals surface area contributed by atoms with E-state index in [1.165, 1.54) is 6.07 Å². The molecule has 0 saturated heterocycles. The number of carbonyl (C=O) groups excluding carboxylic acids is 3. The number of esters is 1. The molecular formula is C18H14N2O5. The fourth-order valence-corrected chi connectivity index (χ4v) is 2.13. The minimum absolute atomic E-state index is 0.0114. The lowest BCUT2D eigenvalue weighted by molar-refractivity contribution is -0.123. The number of furan rings is 1. The van der Waals surface area contributed by atoms with Crippen molar-refractivity contribution in [3.8, 4) is 0 Å². The van der Waals surface area contributed by atoms with Gasteiger partial charge in [0, 0.05) is 11.1 Å². The molecule has 0 aliphatic heterocycles. The Balaban J connectivity index is 1.49. The molecule has 2 N–H and O–H groups in total. The number of hydrogen-bond acceptors (Lipinski definition) is 5. The van der Waals surface area contributed by atoms with Gasteiger partial charge in [-0.25, -0.2) is 9.59 Å². The Hall–Kier alpha value is -3.61. The second-order valence-corrected chi connectivity index (χ2v) is 5.09. The summed E-state index contributed by atoms with van der Waals surface area (Å²) in [5.41, 5.74) is 1.08. The molecule has 0 aliphatic carbocycles. The summed E-state index contributed by atoms with van der Waals surface area (Å²) in [4.78, 5) is 35.2. The molecule has 0 atom stereocenters. The van der Waals surface area contributed by atoms with Gasteiger partial charge in [0.25, 0.3) is 5.91 Å². The van der Waals surface area contributed by atoms with E-state index in [4.69, 9.17) is 9.15 Å². The van der Waals surface area contributed by atoms with Gasteiger partial charge in [0.05, 0.1) is 0 Å². The van der Waals surface area contributed by atoms with Gasteiger partial charge in [-0.3, -0.25) is 10.1 Å². The van der Waals surface area contributed by atoms with E-state index in [-0.39, 0.29) is 5.76 Å². The van der Waals surface area contributed by atoms with Crippen LogP contribution in [0.15, 0.2) is 65.1 Å². The molecule has 7 nitrogen and oxygen atoms in total. The van der Waals surface area contributed by atoms with Gasteiger partial charge in [-0.15, -0.1) is 0 Å². The van der Waals surface area contributed by atoms with Gasteiger partial charge in [0.1, 0.15) is 5.58 Å². The Bertz CT molecular complexity index is 884. The number of carbonyl (C=O) groups is 3. The van der Waals surface area contributed by atoms with Gasteiger partial charge in [0.2, 0.25) is 5.76 Å². The molecule has 0 fully saturated rings. The molecule has 3 rings (SSSR count). The van der Waals surface area contributed by atoms with Crippen molar-refractivity contribution in [3.05, 3.63) is 66.4 Å². The van der Waals surface area contributed by atoms with Crippen molar-refractivity contribution < 1.29 is 23.5 Å². The Labute approximate surface area is 142 Å². The van der Waals surface area contributed by atoms with E-state index < -0.39 is 24.5 Å². The standard InChI is InChI=1S/C18H14N2O5/c21-16(20-18(23)19-13-7-2-1-3-8-13)11-24-17(22)15-10-12-6-4-5-9-14(12)25-15/h1-10H,11H2,(H2,19,20,21,23). The summed E-state index contributed by atoms with van der Waals surface area (Å²) >= 11 is 0. The van der Waals surface area contributed by atoms with E-state index in [9.17, 15) is 14.4 Å². The maximum atomic E-state index is 11.9. The lowest BCUT2D eigenvalue weighted by Crippen LogP contribution is -2.37. The number of hydrogen-bond donors (Lipinski definition) is 2. The summed E-state index contributed by atoms with van der Waals surface area (Å²) in [6.45, 7) is -0.599. The van der Waals surface area contributed by atoms with Crippen LogP contribution >= 0.6 is 0 Å². The van der Waals surface area contributed by atoms with Crippen molar-refractivity contribution >= 4 is 34.6 Å². The van der Waals surface area contributed by atoms with Crippen molar-refractivity contribution in [2.45, 2.75) is 0 Å². The van der Waals surface area contributed by atoms with E-state index in [0.717, 1.165) is 5.39 Å². The van der Waals surface area contributed by atoms with Gasteiger partial charge in [-0.05, 0) is 24.3 Å². The largest absolute Gasteiger partial charge is 0.450 e. The van der Waals surface area contributed by atoms with Crippen LogP contribution in [0, 0.1) is 0 Å². The number of imide groups is 1. The molecule has 25 heavy (non-hydrogen) atoms. The third kappa shape index (κ3) is 4.23. The molecule has 3 aromatic rings. The van der Waals surface area contributed by atoms with Gasteiger partial charge < -0.3 is 14.5 Å². The van der Waals surface area contributed by atoms with Crippen molar-refractivity contribution in [2.75, 3.05) is 11.9 Å². The molecule has 0 radical (unpaired) electrons. The maximum Gasteiger partial charge on any atom is 0.374 e. The van der Waals surface area contributed by atoms with Crippen molar-refractivity contribution in [1.29, 1.82) is 0 Å². The topological polar surface area (TPSA) is 97.6 Å². The van der Waals surface area contributed by atoms with Crippen LogP contribution in [0.2, 0.25) is 0 Å². The third-order valence-corrected chi connectivity index (χ3v) is 3.25. The van der Waals surface area contributed by atoms with Crippen LogP contribution in [0.5, 0.6) is 0 Å². The van der Waals surface area contributed by atoms with Crippen LogP contribution in [0.4, 0.5) is 10.5 Å². The SMILES string of the molecule is O=C(COC(=O)c1cc2ccccc2o1)NC(=O)Nc1ccccc1. The maximum absolute atomic E-state index is 11.9. The molecule has 3 amide bonds. The van der Waals surface area contributed by atoms with E-state index in [1.54, 1.807) is 48.5 Å². The molecule has 7 heteroatoms. The van der Waals surface area contributed by atoms with Gasteiger partial charge in [-0.2, -0.15) is 0 Å². The lowest BCUT2D eigenvalue weighted by Gasteiger charge is -2.06. The highest BCUT2D eigenvalue weighted by Crippen LogP contribution is 2.19. The van der Waals surface area contributed by atoms with Crippen LogP contribution in [-0.4, -0.2) is 24.5 Å². The predicted octanol–water partition coefficient (Wildman–Crippen LogP) is 2.94. The minimum atomic E-state index is -0.783. The molecule has 1 aromatic heterocycles. The zero-order valence-corrected chi connectivity index (χ0v) is 13.0. The summed E-state index contributed by atoms with van der Waals surface area (Å²) < 4.78 is 10.2. The van der Waals surface area contributed by atoms with Crippen LogP contribution in [0.3, 0.4) is 0 Å². The molecular weight excluding hydrogens is 324 g/mol. The highest BCUT2D eigenvalue weighted by atomic mass is 16.5. The predicted molar refractivity (Wildman–Crippen MR) is 90.1 cm³/mol. The number of benzene rings is 2. The summed E-state index contributed by atoms with van der Waals surface area (Å²) in [5.74, 6) is -1.55. The van der Waals surface area contributed by atoms with E-state index in [1.807, 2.05) is 6.07 Å². The minimum Gasteiger partial charge on any atom is -0.450 e. The molecule has 1 heterocycles. The van der Waals surface area contributed by atoms with Gasteiger partial charge in [-0.1, -0.05) is 36.4 Å². The van der Waals surface area contributed by atoms with Crippen molar-refractivity contribution in [1.82, 2.24) is 5.32 Å². The first-order chi connectivity index (χ1) is 12.1. The second kappa shape index (κ2) is 7.31. The van der Waals surface area contributed by atoms with Crippen LogP contribution in [0.1, 0.15) is 10.6 Å². The van der Waals surface area contributed by atoms with Crippen LogP contribution in [-0.2, 0) is 9.53 Å². The van der Waals surface area contributed by atoms with Gasteiger partial charge >= 0.3 is 12.0 Å². The number of fused-ring (bicyclic) bond motifs is 1. The fraction of sp³-hybridized carbons (Fsp3) is 0.0556. The van der Waals surface area contributed by atoms with Crippen LogP contribution < -0.4 is 10.6 Å². The van der Waals surface area contributed by atoms with Crippen LogP contribution in [0.25, 0.3) is 11.0 Å². The Morgan fingerprint density at radius 3 is 2.44 bits per heavy atom. The molecule has 2 aromatic carbocycles. The first kappa shape index (κ1) is 16.3. The number of para-hydroxylation sites is 2. The smallest absolute Gasteiger partial charge is 0.374 e. The number of urea groups is 1. The van der Waals surface area contributed by atoms with E-state index >= 15 is 0 Å². The molecule has 0 saturated carbocycles. The Morgan fingerprint density at radius 2 is 1.68 bits per heavy atom. The first-order valence-electron chi connectivity index (χ1n) is 7.43. The highest BCUT2D eigenvalue weighted by molar-refractivity contribution is 6.02. The summed E-state index contributed by atoms with van der Waals surface area (Å²) in [5, 5.41) is 5.30. The summed E-state index contributed by atoms with van der Waals surface area (Å²) in [7, 11) is 0. The zero-order valence-electron chi connectivity index (χ0n) is 13.0. The normalized spacial score (nSPS) is 10.2. The van der Waals surface area contributed by atoms with E-state index in [0.29, 0.717) is 11.3 Å². The highest BCUT2D eigenvalue weighted by Gasteiger charge is 2.16. The number of nitrogens with one attached hydrogen (secondary N) is 2. The first-order valence-corrected chi connectivity index (χ1v) is 7.43. The molecule has 0 aliphatic rings. The van der Waals surface area contributed by atoms with Crippen molar-refractivity contribution in [2.24, 2.45) is 0 Å². The average molecular weight is 338 g/mol. The molecule has 0 spiro atoms. The quantitative estimate of drug-likeness (QED) is 0.713. The lowest BCUT2D eigenvalue weighted by atomic mass is 10.2. The second-order valence-electron chi connectivity index (χ2n) is 5.09. The third-order valence-electron chi connectivity index (χ3n) is 3.25. The number of rotatable bonds is 4. The zero-order chi connectivity index (χ0) is 17.6. The fourth-order valence-electron chi connectivity index (χ4n) is 2.13. The summed E-state index contributed by atoms with van der Waals surface area (Å²) in [6.07, 6.45) is 0. The molecule has 0 bridgehead atoms. The van der Waals surface area contributed by atoms with Gasteiger partial charge in [0.15, 0.2) is 6.61 Å². The Kier molecular flexibility index (Phi) is 4.75. The number of anilines is 1. The summed E-state index contributed by atoms with van der Waals surface area (Å²) in [6, 6.07) is 16.5. The average Bonchev–Trinajstić information content (AvgIpc) is 3.04. The Morgan fingerprint density at radius 1 is 0.960 bits per heavy atom. The molecule has 126 valence electrons.